The molecule has 0 atom stereocenters. The number of pyridine rings is 1. The molecule has 3 aromatic rings. The molecule has 0 radical (unpaired) electrons. The van der Waals surface area contributed by atoms with E-state index in [1.54, 1.807) is 6.07 Å². The summed E-state index contributed by atoms with van der Waals surface area (Å²) in [7, 11) is 0. The van der Waals surface area contributed by atoms with Crippen molar-refractivity contribution in [2.45, 2.75) is 31.6 Å². The van der Waals surface area contributed by atoms with Gasteiger partial charge in [0.2, 0.25) is 0 Å². The molecule has 28 heavy (non-hydrogen) atoms. The quantitative estimate of drug-likeness (QED) is 0.690. The van der Waals surface area contributed by atoms with Crippen LogP contribution in [0.15, 0.2) is 48.5 Å². The largest absolute Gasteiger partial charge is 0.370 e. The highest BCUT2D eigenvalue weighted by molar-refractivity contribution is 6.13. The molecule has 0 spiro atoms. The fourth-order valence-electron chi connectivity index (χ4n) is 4.01. The summed E-state index contributed by atoms with van der Waals surface area (Å²) in [6, 6.07) is 14.5. The lowest BCUT2D eigenvalue weighted by atomic mass is 10.0. The predicted molar refractivity (Wildman–Crippen MR) is 110 cm³/mol. The zero-order chi connectivity index (χ0) is 19.1. The number of anilines is 2. The highest BCUT2D eigenvalue weighted by Gasteiger charge is 2.27. The molecule has 4 nitrogen and oxygen atoms in total. The molecule has 1 aliphatic heterocycles. The number of para-hydroxylation sites is 2. The van der Waals surface area contributed by atoms with E-state index >= 15 is 0 Å². The van der Waals surface area contributed by atoms with Crippen molar-refractivity contribution in [3.63, 3.8) is 0 Å². The lowest BCUT2D eigenvalue weighted by Gasteiger charge is -2.22. The smallest absolute Gasteiger partial charge is 0.256 e. The van der Waals surface area contributed by atoms with Crippen molar-refractivity contribution < 1.29 is 9.18 Å². The summed E-state index contributed by atoms with van der Waals surface area (Å²) in [5.74, 6) is -0.255. The third-order valence-electron chi connectivity index (χ3n) is 5.65. The Balaban J connectivity index is 1.55. The van der Waals surface area contributed by atoms with Crippen molar-refractivity contribution in [3.05, 3.63) is 65.6 Å². The number of carbonyl (C=O) groups excluding carboxylic acids is 1. The number of hydrogen-bond donors (Lipinski definition) is 1. The minimum absolute atomic E-state index is 0.267. The van der Waals surface area contributed by atoms with Gasteiger partial charge in [0.25, 0.3) is 5.91 Å². The van der Waals surface area contributed by atoms with Crippen LogP contribution in [-0.4, -0.2) is 24.0 Å². The molecule has 1 aromatic heterocycles. The zero-order valence-corrected chi connectivity index (χ0v) is 15.6. The first-order valence-corrected chi connectivity index (χ1v) is 9.95. The molecule has 1 aliphatic carbocycles. The maximum absolute atomic E-state index is 14.7. The number of aromatic nitrogens is 1. The van der Waals surface area contributed by atoms with E-state index < -0.39 is 5.82 Å². The number of benzene rings is 2. The van der Waals surface area contributed by atoms with Crippen molar-refractivity contribution in [1.82, 2.24) is 4.98 Å². The van der Waals surface area contributed by atoms with Gasteiger partial charge in [-0.25, -0.2) is 4.39 Å². The van der Waals surface area contributed by atoms with Gasteiger partial charge in [-0.3, -0.25) is 9.78 Å². The first-order valence-electron chi connectivity index (χ1n) is 9.95. The number of nitrogens with one attached hydrogen (secondary N) is 1. The second kappa shape index (κ2) is 6.89. The van der Waals surface area contributed by atoms with Gasteiger partial charge in [-0.2, -0.15) is 0 Å². The van der Waals surface area contributed by atoms with Gasteiger partial charge in [0, 0.05) is 30.1 Å². The van der Waals surface area contributed by atoms with Gasteiger partial charge >= 0.3 is 0 Å². The van der Waals surface area contributed by atoms with Crippen LogP contribution >= 0.6 is 0 Å². The third-order valence-corrected chi connectivity index (χ3v) is 5.65. The molecule has 0 bridgehead atoms. The average Bonchev–Trinajstić information content (AvgIpc) is 3.43. The van der Waals surface area contributed by atoms with Crippen molar-refractivity contribution in [3.8, 4) is 0 Å². The number of rotatable bonds is 4. The molecule has 142 valence electrons. The molecule has 5 heteroatoms. The summed E-state index contributed by atoms with van der Waals surface area (Å²) in [6.07, 6.45) is 4.39. The first kappa shape index (κ1) is 17.2. The number of carbonyl (C=O) groups is 1. The maximum Gasteiger partial charge on any atom is 0.256 e. The lowest BCUT2D eigenvalue weighted by Crippen LogP contribution is -2.22. The molecule has 0 unspecified atom stereocenters. The summed E-state index contributed by atoms with van der Waals surface area (Å²) in [5.41, 5.74) is 3.35. The van der Waals surface area contributed by atoms with Gasteiger partial charge in [0.05, 0.1) is 16.8 Å². The number of fused-ring (bicyclic) bond motifs is 1. The van der Waals surface area contributed by atoms with Crippen LogP contribution < -0.4 is 10.2 Å². The molecule has 2 aliphatic rings. The van der Waals surface area contributed by atoms with Gasteiger partial charge in [0.15, 0.2) is 0 Å². The van der Waals surface area contributed by atoms with Crippen LogP contribution in [-0.2, 0) is 0 Å². The van der Waals surface area contributed by atoms with Gasteiger partial charge < -0.3 is 10.2 Å². The fraction of sp³-hybridized carbons (Fsp3) is 0.304. The Hall–Kier alpha value is -2.95. The monoisotopic (exact) mass is 375 g/mol. The second-order valence-electron chi connectivity index (χ2n) is 7.67. The van der Waals surface area contributed by atoms with Crippen molar-refractivity contribution >= 4 is 28.2 Å². The van der Waals surface area contributed by atoms with Crippen LogP contribution in [0, 0.1) is 5.82 Å². The van der Waals surface area contributed by atoms with Crippen LogP contribution in [0.3, 0.4) is 0 Å². The second-order valence-corrected chi connectivity index (χ2v) is 7.67. The molecule has 2 heterocycles. The number of nitrogens with zero attached hydrogens (tertiary/aromatic N) is 2. The minimum Gasteiger partial charge on any atom is -0.370 e. The molecule has 5 rings (SSSR count). The maximum atomic E-state index is 14.7. The van der Waals surface area contributed by atoms with E-state index in [1.165, 1.54) is 6.07 Å². The van der Waals surface area contributed by atoms with Crippen molar-refractivity contribution in [2.24, 2.45) is 0 Å². The van der Waals surface area contributed by atoms with Crippen LogP contribution in [0.25, 0.3) is 10.9 Å². The van der Waals surface area contributed by atoms with Crippen molar-refractivity contribution in [1.29, 1.82) is 0 Å². The summed E-state index contributed by atoms with van der Waals surface area (Å²) >= 11 is 0. The number of hydrogen-bond acceptors (Lipinski definition) is 3. The molecule has 2 fully saturated rings. The van der Waals surface area contributed by atoms with Crippen LogP contribution in [0.2, 0.25) is 0 Å². The Labute approximate surface area is 163 Å². The molecule has 1 N–H and O–H groups in total. The fourth-order valence-corrected chi connectivity index (χ4v) is 4.01. The number of amides is 1. The molecule has 2 aromatic carbocycles. The van der Waals surface area contributed by atoms with E-state index in [1.807, 2.05) is 36.4 Å². The van der Waals surface area contributed by atoms with Gasteiger partial charge in [-0.15, -0.1) is 0 Å². The molecule has 1 amide bonds. The normalized spacial score (nSPS) is 16.5. The zero-order valence-electron chi connectivity index (χ0n) is 15.6. The Morgan fingerprint density at radius 1 is 1.07 bits per heavy atom. The lowest BCUT2D eigenvalue weighted by molar-refractivity contribution is 0.102. The first-order chi connectivity index (χ1) is 13.7. The predicted octanol–water partition coefficient (Wildman–Crippen LogP) is 5.10. The number of halogens is 1. The van der Waals surface area contributed by atoms with Crippen LogP contribution in [0.5, 0.6) is 0 Å². The SMILES string of the molecule is O=C(Nc1c(F)cccc1N1CCCC1)c1cc(C2CC2)nc2ccccc12. The average molecular weight is 375 g/mol. The Morgan fingerprint density at radius 2 is 1.86 bits per heavy atom. The Morgan fingerprint density at radius 3 is 2.64 bits per heavy atom. The Kier molecular flexibility index (Phi) is 4.23. The van der Waals surface area contributed by atoms with E-state index in [0.717, 1.165) is 61.1 Å². The summed E-state index contributed by atoms with van der Waals surface area (Å²) < 4.78 is 14.7. The van der Waals surface area contributed by atoms with E-state index in [2.05, 4.69) is 10.2 Å². The summed E-state index contributed by atoms with van der Waals surface area (Å²) in [4.78, 5) is 20.1. The van der Waals surface area contributed by atoms with Gasteiger partial charge in [0.1, 0.15) is 11.5 Å². The van der Waals surface area contributed by atoms with E-state index in [9.17, 15) is 9.18 Å². The highest BCUT2D eigenvalue weighted by atomic mass is 19.1. The van der Waals surface area contributed by atoms with Gasteiger partial charge in [-0.1, -0.05) is 24.3 Å². The molecule has 1 saturated carbocycles. The van der Waals surface area contributed by atoms with Crippen molar-refractivity contribution in [2.75, 3.05) is 23.3 Å². The van der Waals surface area contributed by atoms with Crippen LogP contribution in [0.4, 0.5) is 15.8 Å². The summed E-state index contributed by atoms with van der Waals surface area (Å²) in [6.45, 7) is 1.77. The van der Waals surface area contributed by atoms with Crippen LogP contribution in [0.1, 0.15) is 47.7 Å². The highest BCUT2D eigenvalue weighted by Crippen LogP contribution is 2.40. The standard InChI is InChI=1S/C23H22FN3O/c24-18-7-5-9-21(27-12-3-4-13-27)22(18)26-23(28)17-14-20(15-10-11-15)25-19-8-2-1-6-16(17)19/h1-2,5-9,14-15H,3-4,10-13H2,(H,26,28). The summed E-state index contributed by atoms with van der Waals surface area (Å²) in [5, 5.41) is 3.66. The minimum atomic E-state index is -0.404. The molecule has 1 saturated heterocycles. The topological polar surface area (TPSA) is 45.2 Å². The third kappa shape index (κ3) is 3.11. The Bertz CT molecular complexity index is 1050. The molecular weight excluding hydrogens is 353 g/mol. The molecular formula is C23H22FN3O. The van der Waals surface area contributed by atoms with E-state index in [0.29, 0.717) is 11.5 Å². The van der Waals surface area contributed by atoms with E-state index in [4.69, 9.17) is 4.98 Å². The van der Waals surface area contributed by atoms with E-state index in [-0.39, 0.29) is 11.6 Å². The van der Waals surface area contributed by atoms with Gasteiger partial charge in [-0.05, 0) is 49.9 Å².